The number of ether oxygens (including phenoxy) is 3. The zero-order valence-electron chi connectivity index (χ0n) is 19.5. The summed E-state index contributed by atoms with van der Waals surface area (Å²) in [5.41, 5.74) is 0.571. The van der Waals surface area contributed by atoms with E-state index in [0.717, 1.165) is 19.3 Å². The van der Waals surface area contributed by atoms with Crippen molar-refractivity contribution in [3.8, 4) is 0 Å². The van der Waals surface area contributed by atoms with E-state index in [-0.39, 0.29) is 5.56 Å². The number of benzene rings is 1. The first-order chi connectivity index (χ1) is 15.2. The van der Waals surface area contributed by atoms with Crippen molar-refractivity contribution >= 4 is 5.97 Å². The van der Waals surface area contributed by atoms with Crippen LogP contribution in [-0.2, 0) is 14.2 Å². The molecular weight excluding hydrogens is 395 g/mol. The van der Waals surface area contributed by atoms with Gasteiger partial charge in [-0.2, -0.15) is 0 Å². The minimum atomic E-state index is -0.704. The van der Waals surface area contributed by atoms with Crippen molar-refractivity contribution in [1.82, 2.24) is 0 Å². The van der Waals surface area contributed by atoms with Gasteiger partial charge in [0.25, 0.3) is 0 Å². The molecule has 1 fully saturated rings. The van der Waals surface area contributed by atoms with Crippen LogP contribution in [0.25, 0.3) is 0 Å². The molecule has 2 rings (SSSR count). The number of carbonyl (C=O) groups excluding carboxylic acids is 1. The number of halogens is 1. The van der Waals surface area contributed by atoms with Gasteiger partial charge in [-0.3, -0.25) is 0 Å². The highest BCUT2D eigenvalue weighted by Gasteiger charge is 2.26. The summed E-state index contributed by atoms with van der Waals surface area (Å²) in [6, 6.07) is 4.40. The second kappa shape index (κ2) is 15.4. The minimum Gasteiger partial charge on any atom is -0.462 e. The minimum absolute atomic E-state index is 0.230. The van der Waals surface area contributed by atoms with E-state index in [1.807, 2.05) is 0 Å². The Morgan fingerprint density at radius 1 is 0.935 bits per heavy atom. The van der Waals surface area contributed by atoms with Gasteiger partial charge in [-0.15, -0.1) is 0 Å². The van der Waals surface area contributed by atoms with Crippen LogP contribution in [0.2, 0.25) is 0 Å². The number of hydrogen-bond donors (Lipinski definition) is 0. The molecule has 0 bridgehead atoms. The second-order valence-electron chi connectivity index (χ2n) is 8.71. The van der Waals surface area contributed by atoms with Gasteiger partial charge in [-0.1, -0.05) is 84.1 Å². The fourth-order valence-electron chi connectivity index (χ4n) is 3.90. The lowest BCUT2D eigenvalue weighted by Gasteiger charge is -2.30. The molecular formula is C26H41FO4. The molecule has 0 amide bonds. The van der Waals surface area contributed by atoms with Gasteiger partial charge in [-0.25, -0.2) is 9.18 Å². The number of carbonyl (C=O) groups is 1. The number of hydrogen-bond acceptors (Lipinski definition) is 4. The normalized spacial score (nSPS) is 18.8. The lowest BCUT2D eigenvalue weighted by molar-refractivity contribution is -0.207. The Bertz CT molecular complexity index is 626. The average Bonchev–Trinajstić information content (AvgIpc) is 2.79. The quantitative estimate of drug-likeness (QED) is 0.213. The third-order valence-electron chi connectivity index (χ3n) is 5.90. The van der Waals surface area contributed by atoms with Gasteiger partial charge in [-0.05, 0) is 25.0 Å². The van der Waals surface area contributed by atoms with Gasteiger partial charge in [0.2, 0.25) is 0 Å². The Hall–Kier alpha value is -1.46. The number of rotatable bonds is 15. The summed E-state index contributed by atoms with van der Waals surface area (Å²) in [6.45, 7) is 5.95. The maximum absolute atomic E-state index is 14.6. The Balaban J connectivity index is 1.69. The molecule has 0 radical (unpaired) electrons. The molecule has 1 aromatic rings. The highest BCUT2D eigenvalue weighted by atomic mass is 19.1. The molecule has 1 saturated heterocycles. The summed E-state index contributed by atoms with van der Waals surface area (Å²) >= 11 is 0. The standard InChI is InChI=1S/C26H41FO4/c1-3-5-7-9-10-11-13-17-29-25(28)22-15-16-23(24(27)18-22)26-30-19-21(20-31-26)14-12-8-6-4-2/h15-16,18,21,26H,3-14,17,19-20H2,1-2H3. The van der Waals surface area contributed by atoms with Crippen LogP contribution in [0, 0.1) is 11.7 Å². The van der Waals surface area contributed by atoms with Gasteiger partial charge in [0.15, 0.2) is 6.29 Å². The molecule has 1 aliphatic rings. The SMILES string of the molecule is CCCCCCCCCOC(=O)c1ccc(C2OCC(CCCCCC)CO2)c(F)c1. The second-order valence-corrected chi connectivity index (χ2v) is 8.71. The molecule has 0 aliphatic carbocycles. The Labute approximate surface area is 187 Å². The topological polar surface area (TPSA) is 44.8 Å². The van der Waals surface area contributed by atoms with Crippen LogP contribution >= 0.6 is 0 Å². The summed E-state index contributed by atoms with van der Waals surface area (Å²) < 4.78 is 31.4. The van der Waals surface area contributed by atoms with E-state index in [2.05, 4.69) is 13.8 Å². The molecule has 0 N–H and O–H groups in total. The third kappa shape index (κ3) is 9.69. The van der Waals surface area contributed by atoms with E-state index in [1.54, 1.807) is 12.1 Å². The summed E-state index contributed by atoms with van der Waals surface area (Å²) in [4.78, 5) is 12.2. The number of unbranched alkanes of at least 4 members (excludes halogenated alkanes) is 9. The van der Waals surface area contributed by atoms with Crippen LogP contribution < -0.4 is 0 Å². The Morgan fingerprint density at radius 2 is 1.55 bits per heavy atom. The van der Waals surface area contributed by atoms with Crippen molar-refractivity contribution in [2.45, 2.75) is 97.2 Å². The zero-order valence-corrected chi connectivity index (χ0v) is 19.5. The highest BCUT2D eigenvalue weighted by Crippen LogP contribution is 2.29. The fourth-order valence-corrected chi connectivity index (χ4v) is 3.90. The Kier molecular flexibility index (Phi) is 12.8. The largest absolute Gasteiger partial charge is 0.462 e. The molecule has 0 aromatic heterocycles. The van der Waals surface area contributed by atoms with Crippen molar-refractivity contribution in [3.05, 3.63) is 35.1 Å². The fraction of sp³-hybridized carbons (Fsp3) is 0.731. The molecule has 1 aromatic carbocycles. The number of esters is 1. The highest BCUT2D eigenvalue weighted by molar-refractivity contribution is 5.89. The van der Waals surface area contributed by atoms with E-state index in [1.165, 1.54) is 63.9 Å². The molecule has 176 valence electrons. The van der Waals surface area contributed by atoms with Gasteiger partial charge in [0.1, 0.15) is 5.82 Å². The van der Waals surface area contributed by atoms with E-state index in [0.29, 0.717) is 31.3 Å². The van der Waals surface area contributed by atoms with Gasteiger partial charge in [0.05, 0.1) is 25.4 Å². The van der Waals surface area contributed by atoms with Crippen molar-refractivity contribution in [1.29, 1.82) is 0 Å². The molecule has 1 aliphatic heterocycles. The molecule has 4 nitrogen and oxygen atoms in total. The molecule has 0 atom stereocenters. The first-order valence-electron chi connectivity index (χ1n) is 12.4. The van der Waals surface area contributed by atoms with Crippen LogP contribution in [0.5, 0.6) is 0 Å². The van der Waals surface area contributed by atoms with E-state index in [4.69, 9.17) is 14.2 Å². The van der Waals surface area contributed by atoms with Crippen LogP contribution in [0.15, 0.2) is 18.2 Å². The summed E-state index contributed by atoms with van der Waals surface area (Å²) in [6.07, 6.45) is 13.4. The average molecular weight is 437 g/mol. The molecule has 0 saturated carbocycles. The van der Waals surface area contributed by atoms with Crippen LogP contribution in [-0.4, -0.2) is 25.8 Å². The maximum atomic E-state index is 14.6. The lowest BCUT2D eigenvalue weighted by atomic mass is 10.0. The van der Waals surface area contributed by atoms with Crippen LogP contribution in [0.3, 0.4) is 0 Å². The first kappa shape index (κ1) is 25.8. The zero-order chi connectivity index (χ0) is 22.3. The Morgan fingerprint density at radius 3 is 2.19 bits per heavy atom. The maximum Gasteiger partial charge on any atom is 0.338 e. The van der Waals surface area contributed by atoms with Gasteiger partial charge >= 0.3 is 5.97 Å². The molecule has 0 spiro atoms. The molecule has 31 heavy (non-hydrogen) atoms. The van der Waals surface area contributed by atoms with Crippen LogP contribution in [0.4, 0.5) is 4.39 Å². The monoisotopic (exact) mass is 436 g/mol. The molecule has 5 heteroatoms. The van der Waals surface area contributed by atoms with Gasteiger partial charge < -0.3 is 14.2 Å². The van der Waals surface area contributed by atoms with E-state index in [9.17, 15) is 9.18 Å². The predicted octanol–water partition coefficient (Wildman–Crippen LogP) is 7.37. The van der Waals surface area contributed by atoms with Crippen molar-refractivity contribution in [2.75, 3.05) is 19.8 Å². The summed E-state index contributed by atoms with van der Waals surface area (Å²) in [5.74, 6) is -0.595. The summed E-state index contributed by atoms with van der Waals surface area (Å²) in [7, 11) is 0. The lowest BCUT2D eigenvalue weighted by Crippen LogP contribution is -2.27. The summed E-state index contributed by atoms with van der Waals surface area (Å²) in [5, 5.41) is 0. The first-order valence-corrected chi connectivity index (χ1v) is 12.4. The van der Waals surface area contributed by atoms with Gasteiger partial charge in [0, 0.05) is 11.5 Å². The smallest absolute Gasteiger partial charge is 0.338 e. The van der Waals surface area contributed by atoms with Crippen molar-refractivity contribution in [2.24, 2.45) is 5.92 Å². The van der Waals surface area contributed by atoms with E-state index < -0.39 is 18.1 Å². The molecule has 1 heterocycles. The van der Waals surface area contributed by atoms with Crippen LogP contribution in [0.1, 0.15) is 113 Å². The van der Waals surface area contributed by atoms with Crippen molar-refractivity contribution < 1.29 is 23.4 Å². The predicted molar refractivity (Wildman–Crippen MR) is 122 cm³/mol. The van der Waals surface area contributed by atoms with Crippen molar-refractivity contribution in [3.63, 3.8) is 0 Å². The molecule has 0 unspecified atom stereocenters. The third-order valence-corrected chi connectivity index (χ3v) is 5.90. The van der Waals surface area contributed by atoms with E-state index >= 15 is 0 Å².